The van der Waals surface area contributed by atoms with Crippen molar-refractivity contribution in [1.29, 1.82) is 0 Å². The molecular formula is C18H20N6O2. The summed E-state index contributed by atoms with van der Waals surface area (Å²) in [4.78, 5) is 22.7. The summed E-state index contributed by atoms with van der Waals surface area (Å²) in [6.45, 7) is 0. The van der Waals surface area contributed by atoms with Crippen molar-refractivity contribution >= 4 is 17.3 Å². The number of rotatable bonds is 6. The number of amides is 1. The van der Waals surface area contributed by atoms with E-state index in [-0.39, 0.29) is 12.3 Å². The van der Waals surface area contributed by atoms with E-state index >= 15 is 0 Å². The Balaban J connectivity index is 1.65. The number of benzene rings is 1. The molecule has 1 aromatic carbocycles. The first-order chi connectivity index (χ1) is 12.5. The van der Waals surface area contributed by atoms with Gasteiger partial charge in [-0.3, -0.25) is 4.79 Å². The lowest BCUT2D eigenvalue weighted by Crippen LogP contribution is -2.14. The maximum atomic E-state index is 12.2. The minimum atomic E-state index is -0.137. The van der Waals surface area contributed by atoms with Gasteiger partial charge in [-0.2, -0.15) is 5.10 Å². The highest BCUT2D eigenvalue weighted by molar-refractivity contribution is 5.92. The number of nitrogens with zero attached hydrogens (tertiary/aromatic N) is 5. The Labute approximate surface area is 151 Å². The topological polar surface area (TPSA) is 85.2 Å². The van der Waals surface area contributed by atoms with E-state index in [0.717, 1.165) is 17.0 Å². The summed E-state index contributed by atoms with van der Waals surface area (Å²) in [6, 6.07) is 7.41. The molecule has 26 heavy (non-hydrogen) atoms. The molecule has 0 aliphatic heterocycles. The Bertz CT molecular complexity index is 889. The quantitative estimate of drug-likeness (QED) is 0.729. The summed E-state index contributed by atoms with van der Waals surface area (Å²) >= 11 is 0. The summed E-state index contributed by atoms with van der Waals surface area (Å²) in [5, 5.41) is 7.01. The van der Waals surface area contributed by atoms with Gasteiger partial charge in [-0.15, -0.1) is 0 Å². The number of carbonyl (C=O) groups excluding carboxylic acids is 1. The van der Waals surface area contributed by atoms with Crippen LogP contribution in [-0.4, -0.2) is 46.9 Å². The Morgan fingerprint density at radius 1 is 1.23 bits per heavy atom. The summed E-state index contributed by atoms with van der Waals surface area (Å²) in [5.41, 5.74) is 2.35. The fraction of sp³-hybridized carbons (Fsp3) is 0.222. The van der Waals surface area contributed by atoms with Gasteiger partial charge in [0.2, 0.25) is 5.91 Å². The minimum Gasteiger partial charge on any atom is -0.497 e. The molecule has 8 nitrogen and oxygen atoms in total. The molecule has 3 rings (SSSR count). The van der Waals surface area contributed by atoms with Crippen LogP contribution in [0.15, 0.2) is 49.1 Å². The van der Waals surface area contributed by atoms with Crippen LogP contribution in [0.3, 0.4) is 0 Å². The van der Waals surface area contributed by atoms with Crippen LogP contribution in [0.4, 0.5) is 11.4 Å². The van der Waals surface area contributed by atoms with Crippen molar-refractivity contribution < 1.29 is 9.53 Å². The van der Waals surface area contributed by atoms with Gasteiger partial charge in [-0.05, 0) is 17.7 Å². The maximum Gasteiger partial charge on any atom is 0.250 e. The van der Waals surface area contributed by atoms with Crippen LogP contribution < -0.4 is 15.0 Å². The van der Waals surface area contributed by atoms with Crippen LogP contribution in [0.2, 0.25) is 0 Å². The van der Waals surface area contributed by atoms with Crippen molar-refractivity contribution in [1.82, 2.24) is 19.7 Å². The lowest BCUT2D eigenvalue weighted by Gasteiger charge is -2.10. The van der Waals surface area contributed by atoms with Crippen molar-refractivity contribution in [3.05, 3.63) is 54.6 Å². The van der Waals surface area contributed by atoms with Gasteiger partial charge < -0.3 is 15.0 Å². The largest absolute Gasteiger partial charge is 0.497 e. The summed E-state index contributed by atoms with van der Waals surface area (Å²) in [7, 11) is 5.44. The first-order valence-electron chi connectivity index (χ1n) is 8.02. The number of carbonyl (C=O) groups is 1. The summed E-state index contributed by atoms with van der Waals surface area (Å²) in [5.74, 6) is 1.02. The van der Waals surface area contributed by atoms with Crippen LogP contribution >= 0.6 is 0 Å². The molecule has 2 heterocycles. The highest BCUT2D eigenvalue weighted by Gasteiger charge is 2.09. The van der Waals surface area contributed by atoms with Gasteiger partial charge in [0, 0.05) is 14.1 Å². The second-order valence-electron chi connectivity index (χ2n) is 5.89. The van der Waals surface area contributed by atoms with Gasteiger partial charge >= 0.3 is 0 Å². The molecule has 0 fully saturated rings. The van der Waals surface area contributed by atoms with Gasteiger partial charge in [-0.25, -0.2) is 14.6 Å². The molecule has 0 radical (unpaired) electrons. The molecule has 8 heteroatoms. The lowest BCUT2D eigenvalue weighted by molar-refractivity contribution is -0.115. The minimum absolute atomic E-state index is 0.137. The second-order valence-corrected chi connectivity index (χ2v) is 5.89. The van der Waals surface area contributed by atoms with Gasteiger partial charge in [0.1, 0.15) is 5.75 Å². The normalized spacial score (nSPS) is 10.4. The third kappa shape index (κ3) is 4.15. The molecule has 0 atom stereocenters. The molecule has 0 saturated carbocycles. The van der Waals surface area contributed by atoms with Crippen LogP contribution in [-0.2, 0) is 11.2 Å². The standard InChI is InChI=1S/C18H20N6O2/c1-23(2)15-10-19-18(20-11-15)24-12-14(9-21-24)22-17(25)8-13-5-4-6-16(7-13)26-3/h4-7,9-12H,8H2,1-3H3,(H,22,25). The average Bonchev–Trinajstić information content (AvgIpc) is 3.10. The van der Waals surface area contributed by atoms with Gasteiger partial charge in [0.15, 0.2) is 0 Å². The number of ether oxygens (including phenoxy) is 1. The van der Waals surface area contributed by atoms with Crippen LogP contribution in [0.25, 0.3) is 5.95 Å². The van der Waals surface area contributed by atoms with Crippen LogP contribution in [0.5, 0.6) is 5.75 Å². The Kier molecular flexibility index (Phi) is 5.12. The van der Waals surface area contributed by atoms with E-state index in [2.05, 4.69) is 20.4 Å². The van der Waals surface area contributed by atoms with Gasteiger partial charge in [0.25, 0.3) is 5.95 Å². The highest BCUT2D eigenvalue weighted by Crippen LogP contribution is 2.15. The van der Waals surface area contributed by atoms with Crippen molar-refractivity contribution in [2.75, 3.05) is 31.4 Å². The molecule has 0 saturated heterocycles. The highest BCUT2D eigenvalue weighted by atomic mass is 16.5. The number of aromatic nitrogens is 4. The second kappa shape index (κ2) is 7.64. The smallest absolute Gasteiger partial charge is 0.250 e. The van der Waals surface area contributed by atoms with E-state index in [9.17, 15) is 4.79 Å². The van der Waals surface area contributed by atoms with Crippen molar-refractivity contribution in [2.45, 2.75) is 6.42 Å². The first-order valence-corrected chi connectivity index (χ1v) is 8.02. The molecule has 3 aromatic rings. The molecule has 0 aliphatic carbocycles. The molecule has 2 aromatic heterocycles. The predicted octanol–water partition coefficient (Wildman–Crippen LogP) is 1.92. The van der Waals surface area contributed by atoms with E-state index in [0.29, 0.717) is 11.6 Å². The molecule has 1 amide bonds. The van der Waals surface area contributed by atoms with Crippen molar-refractivity contribution in [3.63, 3.8) is 0 Å². The molecule has 0 aliphatic rings. The average molecular weight is 352 g/mol. The van der Waals surface area contributed by atoms with E-state index in [1.807, 2.05) is 43.3 Å². The third-order valence-electron chi connectivity index (χ3n) is 3.71. The summed E-state index contributed by atoms with van der Waals surface area (Å²) in [6.07, 6.45) is 6.91. The maximum absolute atomic E-state index is 12.2. The van der Waals surface area contributed by atoms with Crippen LogP contribution in [0, 0.1) is 0 Å². The predicted molar refractivity (Wildman–Crippen MR) is 98.8 cm³/mol. The number of nitrogens with one attached hydrogen (secondary N) is 1. The van der Waals surface area contributed by atoms with E-state index < -0.39 is 0 Å². The molecule has 0 spiro atoms. The van der Waals surface area contributed by atoms with Crippen LogP contribution in [0.1, 0.15) is 5.56 Å². The van der Waals surface area contributed by atoms with E-state index in [1.165, 1.54) is 4.68 Å². The molecule has 1 N–H and O–H groups in total. The molecule has 0 unspecified atom stereocenters. The monoisotopic (exact) mass is 352 g/mol. The Hall–Kier alpha value is -3.42. The zero-order valence-corrected chi connectivity index (χ0v) is 14.9. The zero-order valence-electron chi connectivity index (χ0n) is 14.9. The zero-order chi connectivity index (χ0) is 18.5. The number of hydrogen-bond donors (Lipinski definition) is 1. The number of anilines is 2. The fourth-order valence-electron chi connectivity index (χ4n) is 2.33. The molecular weight excluding hydrogens is 332 g/mol. The number of hydrogen-bond acceptors (Lipinski definition) is 6. The van der Waals surface area contributed by atoms with Crippen molar-refractivity contribution in [3.8, 4) is 11.7 Å². The van der Waals surface area contributed by atoms with E-state index in [4.69, 9.17) is 4.74 Å². The van der Waals surface area contributed by atoms with Gasteiger partial charge in [-0.1, -0.05) is 12.1 Å². The number of methoxy groups -OCH3 is 1. The fourth-order valence-corrected chi connectivity index (χ4v) is 2.33. The van der Waals surface area contributed by atoms with Crippen molar-refractivity contribution in [2.24, 2.45) is 0 Å². The SMILES string of the molecule is COc1cccc(CC(=O)Nc2cnn(-c3ncc(N(C)C)cn3)c2)c1. The Morgan fingerprint density at radius 3 is 2.69 bits per heavy atom. The lowest BCUT2D eigenvalue weighted by atomic mass is 10.1. The third-order valence-corrected chi connectivity index (χ3v) is 3.71. The molecule has 134 valence electrons. The Morgan fingerprint density at radius 2 is 2.00 bits per heavy atom. The first kappa shape index (κ1) is 17.4. The summed E-state index contributed by atoms with van der Waals surface area (Å²) < 4.78 is 6.68. The van der Waals surface area contributed by atoms with Gasteiger partial charge in [0.05, 0.1) is 49.7 Å². The molecule has 0 bridgehead atoms. The van der Waals surface area contributed by atoms with E-state index in [1.54, 1.807) is 31.9 Å².